The molecule has 3 aromatic rings. The molecule has 0 N–H and O–H groups in total. The Kier molecular flexibility index (Phi) is 5.05. The number of cyclic esters (lactones) is 1. The maximum absolute atomic E-state index is 13.2. The maximum atomic E-state index is 13.2. The van der Waals surface area contributed by atoms with Crippen LogP contribution in [0.15, 0.2) is 54.6 Å². The van der Waals surface area contributed by atoms with Gasteiger partial charge in [0.2, 0.25) is 0 Å². The second-order valence-electron chi connectivity index (χ2n) is 10.6. The van der Waals surface area contributed by atoms with E-state index in [1.165, 1.54) is 18.2 Å². The topological polar surface area (TPSA) is 63.2 Å². The summed E-state index contributed by atoms with van der Waals surface area (Å²) in [6.07, 6.45) is 3.35. The first-order valence-electron chi connectivity index (χ1n) is 13.1. The molecule has 0 aromatic heterocycles. The Balaban J connectivity index is 1.41. The molecule has 2 aliphatic heterocycles. The van der Waals surface area contributed by atoms with Gasteiger partial charge in [-0.15, -0.1) is 0 Å². The van der Waals surface area contributed by atoms with Gasteiger partial charge in [-0.1, -0.05) is 48.5 Å². The molecule has 0 amide bonds. The van der Waals surface area contributed by atoms with Crippen molar-refractivity contribution in [2.45, 2.75) is 62.9 Å². The van der Waals surface area contributed by atoms with Gasteiger partial charge in [-0.25, -0.2) is 4.79 Å². The molecule has 1 saturated carbocycles. The van der Waals surface area contributed by atoms with Crippen LogP contribution in [0.2, 0.25) is 0 Å². The van der Waals surface area contributed by atoms with E-state index < -0.39 is 23.3 Å². The number of carbonyl (C=O) groups excluding carboxylic acids is 1. The quantitative estimate of drug-likeness (QED) is 0.442. The zero-order valence-electron chi connectivity index (χ0n) is 21.2. The van der Waals surface area contributed by atoms with E-state index in [-0.39, 0.29) is 6.61 Å². The molecule has 1 fully saturated rings. The maximum Gasteiger partial charge on any atom is 0.340 e. The molecular formula is C31H30O6. The number of hydrogen-bond donors (Lipinski definition) is 0. The molecule has 0 saturated heterocycles. The van der Waals surface area contributed by atoms with Crippen molar-refractivity contribution in [3.63, 3.8) is 0 Å². The van der Waals surface area contributed by atoms with Crippen LogP contribution in [0.3, 0.4) is 0 Å². The van der Waals surface area contributed by atoms with Gasteiger partial charge >= 0.3 is 5.97 Å². The normalized spacial score (nSPS) is 26.9. The van der Waals surface area contributed by atoms with Crippen LogP contribution >= 0.6 is 0 Å². The Morgan fingerprint density at radius 3 is 2.76 bits per heavy atom. The van der Waals surface area contributed by atoms with Crippen molar-refractivity contribution in [2.24, 2.45) is 0 Å². The summed E-state index contributed by atoms with van der Waals surface area (Å²) in [6, 6.07) is 18.4. The fourth-order valence-electron chi connectivity index (χ4n) is 6.82. The minimum Gasteiger partial charge on any atom is -0.488 e. The van der Waals surface area contributed by atoms with Crippen molar-refractivity contribution in [3.8, 4) is 17.2 Å². The lowest BCUT2D eigenvalue weighted by Crippen LogP contribution is -2.55. The minimum absolute atomic E-state index is 0.275. The molecule has 6 heteroatoms. The average Bonchev–Trinajstić information content (AvgIpc) is 3.39. The number of rotatable bonds is 4. The Bertz CT molecular complexity index is 1400. The first kappa shape index (κ1) is 22.7. The van der Waals surface area contributed by atoms with Crippen LogP contribution in [-0.4, -0.2) is 25.3 Å². The van der Waals surface area contributed by atoms with Gasteiger partial charge in [-0.2, -0.15) is 0 Å². The summed E-state index contributed by atoms with van der Waals surface area (Å²) in [5, 5.41) is 0. The molecule has 3 unspecified atom stereocenters. The molecule has 0 radical (unpaired) electrons. The van der Waals surface area contributed by atoms with E-state index in [1.54, 1.807) is 0 Å². The van der Waals surface area contributed by atoms with Gasteiger partial charge in [0.15, 0.2) is 28.8 Å². The van der Waals surface area contributed by atoms with E-state index >= 15 is 0 Å². The number of benzene rings is 3. The second kappa shape index (κ2) is 8.25. The minimum atomic E-state index is -0.950. The number of methoxy groups -OCH3 is 1. The van der Waals surface area contributed by atoms with E-state index in [1.807, 2.05) is 43.3 Å². The molecule has 3 atom stereocenters. The van der Waals surface area contributed by atoms with Gasteiger partial charge in [-0.3, -0.25) is 0 Å². The summed E-state index contributed by atoms with van der Waals surface area (Å²) in [5.74, 6) is 1.44. The van der Waals surface area contributed by atoms with Gasteiger partial charge in [0.1, 0.15) is 12.4 Å². The zero-order chi connectivity index (χ0) is 25.2. The number of ether oxygens (including phenoxy) is 5. The van der Waals surface area contributed by atoms with Crippen LogP contribution in [0.25, 0.3) is 0 Å². The lowest BCUT2D eigenvalue weighted by Gasteiger charge is -2.46. The zero-order valence-corrected chi connectivity index (χ0v) is 21.2. The lowest BCUT2D eigenvalue weighted by molar-refractivity contribution is -0.155. The molecule has 37 heavy (non-hydrogen) atoms. The van der Waals surface area contributed by atoms with E-state index in [0.717, 1.165) is 42.4 Å². The standard InChI is InChI=1S/C31H30O6/c1-19-26(35-18-21-7-4-3-5-8-21)23-16-25-27(19)37-30-12-6-13-31(30,36-25)24-15-20(9-10-22(24)17-30)11-14-34-29(32)28(23)33-2/h3-5,7-10,15-16,28H,6,11-14,17-18H2,1-2H3. The average molecular weight is 499 g/mol. The number of esters is 1. The van der Waals surface area contributed by atoms with Crippen LogP contribution in [0.1, 0.15) is 58.7 Å². The third kappa shape index (κ3) is 3.24. The summed E-state index contributed by atoms with van der Waals surface area (Å²) in [6.45, 7) is 2.60. The predicted molar refractivity (Wildman–Crippen MR) is 136 cm³/mol. The first-order chi connectivity index (χ1) is 18.0. The largest absolute Gasteiger partial charge is 0.488 e. The van der Waals surface area contributed by atoms with Crippen LogP contribution in [0.4, 0.5) is 0 Å². The smallest absolute Gasteiger partial charge is 0.340 e. The molecule has 1 spiro atoms. The lowest BCUT2D eigenvalue weighted by atomic mass is 9.83. The van der Waals surface area contributed by atoms with Gasteiger partial charge in [-0.05, 0) is 48.9 Å². The second-order valence-corrected chi connectivity index (χ2v) is 10.6. The Morgan fingerprint density at radius 1 is 1.05 bits per heavy atom. The first-order valence-corrected chi connectivity index (χ1v) is 13.1. The fraction of sp³-hybridized carbons (Fsp3) is 0.387. The van der Waals surface area contributed by atoms with E-state index in [4.69, 9.17) is 23.7 Å². The van der Waals surface area contributed by atoms with Crippen molar-refractivity contribution in [1.29, 1.82) is 0 Å². The molecule has 6 nitrogen and oxygen atoms in total. The van der Waals surface area contributed by atoms with Gasteiger partial charge in [0.25, 0.3) is 0 Å². The summed E-state index contributed by atoms with van der Waals surface area (Å²) in [4.78, 5) is 13.2. The molecule has 2 aliphatic carbocycles. The highest BCUT2D eigenvalue weighted by Crippen LogP contribution is 2.63. The van der Waals surface area contributed by atoms with Crippen molar-refractivity contribution in [1.82, 2.24) is 0 Å². The Labute approximate surface area is 216 Å². The molecular weight excluding hydrogens is 468 g/mol. The fourth-order valence-corrected chi connectivity index (χ4v) is 6.82. The summed E-state index contributed by atoms with van der Waals surface area (Å²) >= 11 is 0. The molecule has 3 aromatic carbocycles. The molecule has 2 heterocycles. The van der Waals surface area contributed by atoms with Crippen LogP contribution < -0.4 is 14.2 Å². The van der Waals surface area contributed by atoms with Gasteiger partial charge < -0.3 is 23.7 Å². The molecule has 4 aliphatic rings. The third-order valence-corrected chi connectivity index (χ3v) is 8.56. The number of fused-ring (bicyclic) bond motifs is 2. The molecule has 5 bridgehead atoms. The van der Waals surface area contributed by atoms with E-state index in [0.29, 0.717) is 35.8 Å². The van der Waals surface area contributed by atoms with Crippen molar-refractivity contribution < 1.29 is 28.5 Å². The van der Waals surface area contributed by atoms with Crippen molar-refractivity contribution >= 4 is 5.97 Å². The number of hydrogen-bond acceptors (Lipinski definition) is 6. The molecule has 7 rings (SSSR count). The summed E-state index contributed by atoms with van der Waals surface area (Å²) in [5.41, 5.74) is 5.05. The third-order valence-electron chi connectivity index (χ3n) is 8.56. The number of carbonyl (C=O) groups is 1. The highest BCUT2D eigenvalue weighted by Gasteiger charge is 2.67. The van der Waals surface area contributed by atoms with Crippen molar-refractivity contribution in [2.75, 3.05) is 13.7 Å². The highest BCUT2D eigenvalue weighted by molar-refractivity contribution is 5.79. The predicted octanol–water partition coefficient (Wildman–Crippen LogP) is 5.51. The summed E-state index contributed by atoms with van der Waals surface area (Å²) in [7, 11) is 1.52. The highest BCUT2D eigenvalue weighted by atomic mass is 16.6. The van der Waals surface area contributed by atoms with Crippen LogP contribution in [0, 0.1) is 6.92 Å². The SMILES string of the molecule is COC1C(=O)OCCc2ccc3c(c2)C24CCCC2(C3)Oc2c(cc1c(OCc1ccccc1)c2C)O4. The van der Waals surface area contributed by atoms with Crippen LogP contribution in [0.5, 0.6) is 17.2 Å². The van der Waals surface area contributed by atoms with Gasteiger partial charge in [0, 0.05) is 36.6 Å². The van der Waals surface area contributed by atoms with E-state index in [9.17, 15) is 4.79 Å². The molecule has 190 valence electrons. The van der Waals surface area contributed by atoms with E-state index in [2.05, 4.69) is 18.2 Å². The van der Waals surface area contributed by atoms with Gasteiger partial charge in [0.05, 0.1) is 6.61 Å². The Hall–Kier alpha value is -3.51. The summed E-state index contributed by atoms with van der Waals surface area (Å²) < 4.78 is 31.9. The monoisotopic (exact) mass is 498 g/mol. The van der Waals surface area contributed by atoms with Crippen molar-refractivity contribution in [3.05, 3.63) is 88.0 Å². The Morgan fingerprint density at radius 2 is 1.92 bits per heavy atom. The van der Waals surface area contributed by atoms with Crippen LogP contribution in [-0.2, 0) is 39.3 Å².